The molecule has 0 aromatic carbocycles. The summed E-state index contributed by atoms with van der Waals surface area (Å²) < 4.78 is 0. The smallest absolute Gasteiger partial charge is 0.00965 e. The Labute approximate surface area is 110 Å². The second-order valence-corrected chi connectivity index (χ2v) is 7.26. The molecule has 0 aliphatic heterocycles. The zero-order chi connectivity index (χ0) is 13.4. The first-order valence-corrected chi connectivity index (χ1v) is 7.52. The molecule has 104 valence electrons. The molecule has 0 aliphatic rings. The lowest BCUT2D eigenvalue weighted by atomic mass is 9.83. The summed E-state index contributed by atoms with van der Waals surface area (Å²) >= 11 is 0. The van der Waals surface area contributed by atoms with Crippen LogP contribution in [0.2, 0.25) is 0 Å². The Morgan fingerprint density at radius 2 is 1.35 bits per heavy atom. The summed E-state index contributed by atoms with van der Waals surface area (Å²) in [5.41, 5.74) is 0.849. The lowest BCUT2D eigenvalue weighted by Crippen LogP contribution is -2.36. The molecule has 0 radical (unpaired) electrons. The first-order chi connectivity index (χ1) is 7.77. The van der Waals surface area contributed by atoms with Gasteiger partial charge in [0, 0.05) is 5.54 Å². The molecule has 1 nitrogen and oxygen atoms in total. The molecule has 1 heteroatoms. The topological polar surface area (TPSA) is 12.0 Å². The number of nitrogens with one attached hydrogen (secondary N) is 1. The normalized spacial score (nSPS) is 13.1. The summed E-state index contributed by atoms with van der Waals surface area (Å²) in [4.78, 5) is 0. The minimum Gasteiger partial charge on any atom is -0.312 e. The van der Waals surface area contributed by atoms with Crippen molar-refractivity contribution < 1.29 is 0 Å². The molecular formula is C16H35N. The van der Waals surface area contributed by atoms with Crippen molar-refractivity contribution in [3.8, 4) is 0 Å². The minimum atomic E-state index is 0.281. The summed E-state index contributed by atoms with van der Waals surface area (Å²) in [6.45, 7) is 15.0. The van der Waals surface area contributed by atoms with Gasteiger partial charge in [0.05, 0.1) is 0 Å². The summed E-state index contributed by atoms with van der Waals surface area (Å²) in [5, 5.41) is 3.55. The van der Waals surface area contributed by atoms with Crippen LogP contribution in [0.4, 0.5) is 0 Å². The van der Waals surface area contributed by atoms with Crippen LogP contribution in [0.5, 0.6) is 0 Å². The van der Waals surface area contributed by atoms with Gasteiger partial charge in [-0.2, -0.15) is 0 Å². The van der Waals surface area contributed by atoms with E-state index in [1.807, 2.05) is 0 Å². The van der Waals surface area contributed by atoms with Crippen molar-refractivity contribution in [1.82, 2.24) is 5.32 Å². The standard InChI is InChI=1S/C16H35N/c1-7-12-16(5,6)13-10-8-9-11-14-17-15(2,3)4/h17H,7-14H2,1-6H3. The molecule has 0 spiro atoms. The van der Waals surface area contributed by atoms with E-state index in [1.54, 1.807) is 0 Å². The minimum absolute atomic E-state index is 0.281. The highest BCUT2D eigenvalue weighted by Crippen LogP contribution is 2.28. The van der Waals surface area contributed by atoms with Gasteiger partial charge in [-0.05, 0) is 52.0 Å². The van der Waals surface area contributed by atoms with Gasteiger partial charge < -0.3 is 5.32 Å². The van der Waals surface area contributed by atoms with E-state index in [2.05, 4.69) is 46.9 Å². The van der Waals surface area contributed by atoms with Crippen molar-refractivity contribution in [3.05, 3.63) is 0 Å². The third-order valence-corrected chi connectivity index (χ3v) is 3.36. The van der Waals surface area contributed by atoms with E-state index in [-0.39, 0.29) is 5.54 Å². The third kappa shape index (κ3) is 12.2. The fourth-order valence-electron chi connectivity index (χ4n) is 2.35. The Hall–Kier alpha value is -0.0400. The molecule has 1 N–H and O–H groups in total. The SMILES string of the molecule is CCCC(C)(C)CCCCCCNC(C)(C)C. The largest absolute Gasteiger partial charge is 0.312 e. The van der Waals surface area contributed by atoms with Crippen molar-refractivity contribution in [1.29, 1.82) is 0 Å². The van der Waals surface area contributed by atoms with E-state index in [9.17, 15) is 0 Å². The predicted octanol–water partition coefficient (Wildman–Crippen LogP) is 5.15. The van der Waals surface area contributed by atoms with Gasteiger partial charge in [-0.1, -0.05) is 46.5 Å². The highest BCUT2D eigenvalue weighted by atomic mass is 14.9. The van der Waals surface area contributed by atoms with Crippen LogP contribution in [0, 0.1) is 5.41 Å². The summed E-state index contributed by atoms with van der Waals surface area (Å²) in [6.07, 6.45) is 9.60. The van der Waals surface area contributed by atoms with Gasteiger partial charge in [0.15, 0.2) is 0 Å². The molecule has 0 aromatic heterocycles. The molecule has 0 unspecified atom stereocenters. The Morgan fingerprint density at radius 3 is 1.88 bits per heavy atom. The molecule has 0 saturated heterocycles. The van der Waals surface area contributed by atoms with E-state index in [0.717, 1.165) is 0 Å². The number of unbranched alkanes of at least 4 members (excludes halogenated alkanes) is 3. The lowest BCUT2D eigenvalue weighted by molar-refractivity contribution is 0.291. The highest BCUT2D eigenvalue weighted by molar-refractivity contribution is 4.70. The van der Waals surface area contributed by atoms with Gasteiger partial charge in [0.1, 0.15) is 0 Å². The summed E-state index contributed by atoms with van der Waals surface area (Å²) in [5.74, 6) is 0. The Morgan fingerprint density at radius 1 is 0.765 bits per heavy atom. The van der Waals surface area contributed by atoms with Crippen LogP contribution in [0.25, 0.3) is 0 Å². The Balaban J connectivity index is 3.35. The van der Waals surface area contributed by atoms with Crippen molar-refractivity contribution >= 4 is 0 Å². The van der Waals surface area contributed by atoms with Crippen LogP contribution < -0.4 is 5.32 Å². The summed E-state index contributed by atoms with van der Waals surface area (Å²) in [6, 6.07) is 0. The van der Waals surface area contributed by atoms with Crippen molar-refractivity contribution in [3.63, 3.8) is 0 Å². The van der Waals surface area contributed by atoms with E-state index < -0.39 is 0 Å². The predicted molar refractivity (Wildman–Crippen MR) is 79.5 cm³/mol. The molecular weight excluding hydrogens is 206 g/mol. The van der Waals surface area contributed by atoms with Gasteiger partial charge in [-0.3, -0.25) is 0 Å². The molecule has 0 saturated carbocycles. The number of hydrogen-bond donors (Lipinski definition) is 1. The number of rotatable bonds is 9. The quantitative estimate of drug-likeness (QED) is 0.550. The maximum absolute atomic E-state index is 3.55. The molecule has 0 heterocycles. The fraction of sp³-hybridized carbons (Fsp3) is 1.00. The molecule has 0 aromatic rings. The first kappa shape index (κ1) is 17.0. The van der Waals surface area contributed by atoms with Crippen LogP contribution in [0.1, 0.15) is 86.5 Å². The van der Waals surface area contributed by atoms with Crippen molar-refractivity contribution in [2.75, 3.05) is 6.54 Å². The maximum Gasteiger partial charge on any atom is 0.00965 e. The van der Waals surface area contributed by atoms with Crippen LogP contribution in [-0.2, 0) is 0 Å². The van der Waals surface area contributed by atoms with Crippen molar-refractivity contribution in [2.24, 2.45) is 5.41 Å². The Bertz CT molecular complexity index is 176. The zero-order valence-electron chi connectivity index (χ0n) is 13.2. The molecule has 0 amide bonds. The van der Waals surface area contributed by atoms with Gasteiger partial charge in [-0.15, -0.1) is 0 Å². The van der Waals surface area contributed by atoms with Crippen LogP contribution in [-0.4, -0.2) is 12.1 Å². The lowest BCUT2D eigenvalue weighted by Gasteiger charge is -2.24. The first-order valence-electron chi connectivity index (χ1n) is 7.52. The van der Waals surface area contributed by atoms with E-state index in [4.69, 9.17) is 0 Å². The molecule has 0 rings (SSSR count). The average molecular weight is 241 g/mol. The molecule has 0 aliphatic carbocycles. The fourth-order valence-corrected chi connectivity index (χ4v) is 2.35. The maximum atomic E-state index is 3.55. The van der Waals surface area contributed by atoms with E-state index >= 15 is 0 Å². The molecule has 0 fully saturated rings. The summed E-state index contributed by atoms with van der Waals surface area (Å²) in [7, 11) is 0. The van der Waals surface area contributed by atoms with Gasteiger partial charge in [-0.25, -0.2) is 0 Å². The number of hydrogen-bond acceptors (Lipinski definition) is 1. The van der Waals surface area contributed by atoms with Crippen LogP contribution >= 0.6 is 0 Å². The van der Waals surface area contributed by atoms with Crippen LogP contribution in [0.3, 0.4) is 0 Å². The van der Waals surface area contributed by atoms with Crippen molar-refractivity contribution in [2.45, 2.75) is 92.0 Å². The van der Waals surface area contributed by atoms with Gasteiger partial charge >= 0.3 is 0 Å². The van der Waals surface area contributed by atoms with E-state index in [1.165, 1.54) is 51.5 Å². The van der Waals surface area contributed by atoms with Gasteiger partial charge in [0.2, 0.25) is 0 Å². The monoisotopic (exact) mass is 241 g/mol. The van der Waals surface area contributed by atoms with Gasteiger partial charge in [0.25, 0.3) is 0 Å². The van der Waals surface area contributed by atoms with Crippen LogP contribution in [0.15, 0.2) is 0 Å². The van der Waals surface area contributed by atoms with E-state index in [0.29, 0.717) is 5.41 Å². The average Bonchev–Trinajstić information content (AvgIpc) is 2.14. The second-order valence-electron chi connectivity index (χ2n) is 7.26. The third-order valence-electron chi connectivity index (χ3n) is 3.36. The molecule has 0 atom stereocenters. The molecule has 0 bridgehead atoms. The Kier molecular flexibility index (Phi) is 8.11. The second kappa shape index (κ2) is 8.13. The zero-order valence-corrected chi connectivity index (χ0v) is 13.2. The molecule has 17 heavy (non-hydrogen) atoms. The highest BCUT2D eigenvalue weighted by Gasteiger charge is 2.15.